The number of fused-ring (bicyclic) bond motifs is 2. The number of nitrogens with one attached hydrogen (secondary N) is 1. The second-order valence-corrected chi connectivity index (χ2v) is 9.26. The highest BCUT2D eigenvalue weighted by Gasteiger charge is 2.26. The van der Waals surface area contributed by atoms with Crippen molar-refractivity contribution in [2.24, 2.45) is 5.73 Å². The van der Waals surface area contributed by atoms with Crippen LogP contribution in [-0.2, 0) is 27.2 Å². The Bertz CT molecular complexity index is 1200. The Morgan fingerprint density at radius 3 is 2.77 bits per heavy atom. The van der Waals surface area contributed by atoms with E-state index in [-0.39, 0.29) is 0 Å². The highest BCUT2D eigenvalue weighted by atomic mass is 35.5. The Balaban J connectivity index is 1.36. The van der Waals surface area contributed by atoms with Crippen LogP contribution in [0.4, 0.5) is 5.00 Å². The summed E-state index contributed by atoms with van der Waals surface area (Å²) in [5, 5.41) is 4.55. The fraction of sp³-hybridized carbons (Fsp3) is 0.190. The van der Waals surface area contributed by atoms with E-state index >= 15 is 0 Å². The molecule has 1 aromatic carbocycles. The molecule has 0 aliphatic heterocycles. The van der Waals surface area contributed by atoms with Crippen molar-refractivity contribution in [2.45, 2.75) is 19.3 Å². The van der Waals surface area contributed by atoms with E-state index in [1.165, 1.54) is 28.7 Å². The van der Waals surface area contributed by atoms with Crippen molar-refractivity contribution < 1.29 is 19.1 Å². The normalized spacial score (nSPS) is 13.0. The molecular formula is C21H17ClN2O4S2. The third-order valence-electron chi connectivity index (χ3n) is 4.70. The first-order valence-electron chi connectivity index (χ1n) is 9.20. The van der Waals surface area contributed by atoms with Crippen molar-refractivity contribution >= 4 is 73.2 Å². The van der Waals surface area contributed by atoms with Crippen LogP contribution in [0.3, 0.4) is 0 Å². The lowest BCUT2D eigenvalue weighted by molar-refractivity contribution is -0.142. The number of anilines is 1. The standard InChI is InChI=1S/C21H17ClN2O4S2/c22-19-12-4-1-2-6-14(12)29-15(19)8-9-17(26)28-10-16(25)24-21-18(20(23)27)11-5-3-7-13(11)30-21/h1-2,4,6,8-9H,3,5,7,10H2,(H2,23,27)(H,24,25)/b9-8+. The van der Waals surface area contributed by atoms with Gasteiger partial charge in [-0.2, -0.15) is 0 Å². The van der Waals surface area contributed by atoms with Crippen molar-refractivity contribution in [3.8, 4) is 0 Å². The van der Waals surface area contributed by atoms with Gasteiger partial charge >= 0.3 is 5.97 Å². The molecule has 0 atom stereocenters. The molecule has 0 saturated heterocycles. The van der Waals surface area contributed by atoms with Crippen molar-refractivity contribution in [1.82, 2.24) is 0 Å². The maximum atomic E-state index is 12.2. The van der Waals surface area contributed by atoms with E-state index < -0.39 is 24.4 Å². The summed E-state index contributed by atoms with van der Waals surface area (Å²) in [6.45, 7) is -0.468. The molecule has 30 heavy (non-hydrogen) atoms. The summed E-state index contributed by atoms with van der Waals surface area (Å²) >= 11 is 9.15. The van der Waals surface area contributed by atoms with Gasteiger partial charge in [0.2, 0.25) is 0 Å². The number of rotatable bonds is 6. The third-order valence-corrected chi connectivity index (χ3v) is 7.56. The van der Waals surface area contributed by atoms with E-state index in [0.717, 1.165) is 44.7 Å². The van der Waals surface area contributed by atoms with E-state index in [1.807, 2.05) is 24.3 Å². The maximum Gasteiger partial charge on any atom is 0.331 e. The van der Waals surface area contributed by atoms with Crippen LogP contribution in [0.15, 0.2) is 30.3 Å². The van der Waals surface area contributed by atoms with E-state index in [9.17, 15) is 14.4 Å². The SMILES string of the molecule is NC(=O)c1c(NC(=O)COC(=O)/C=C/c2sc3ccccc3c2Cl)sc2c1CCC2. The molecule has 3 aromatic rings. The lowest BCUT2D eigenvalue weighted by Crippen LogP contribution is -2.22. The molecule has 0 unspecified atom stereocenters. The molecule has 3 N–H and O–H groups in total. The van der Waals surface area contributed by atoms with E-state index in [4.69, 9.17) is 22.1 Å². The van der Waals surface area contributed by atoms with Crippen LogP contribution in [0.2, 0.25) is 5.02 Å². The van der Waals surface area contributed by atoms with Crippen LogP contribution in [0.5, 0.6) is 0 Å². The fourth-order valence-corrected chi connectivity index (χ4v) is 6.09. The average molecular weight is 461 g/mol. The maximum absolute atomic E-state index is 12.2. The molecule has 0 bridgehead atoms. The fourth-order valence-electron chi connectivity index (χ4n) is 3.38. The van der Waals surface area contributed by atoms with E-state index in [0.29, 0.717) is 15.6 Å². The van der Waals surface area contributed by atoms with Gasteiger partial charge in [0, 0.05) is 25.9 Å². The summed E-state index contributed by atoms with van der Waals surface area (Å²) < 4.78 is 6.02. The summed E-state index contributed by atoms with van der Waals surface area (Å²) in [4.78, 5) is 37.8. The first kappa shape index (κ1) is 20.6. The Labute approximate surface area is 185 Å². The summed E-state index contributed by atoms with van der Waals surface area (Å²) in [6.07, 6.45) is 5.43. The number of esters is 1. The predicted molar refractivity (Wildman–Crippen MR) is 120 cm³/mol. The van der Waals surface area contributed by atoms with Gasteiger partial charge in [0.25, 0.3) is 11.8 Å². The van der Waals surface area contributed by atoms with Gasteiger partial charge in [-0.25, -0.2) is 4.79 Å². The molecule has 9 heteroatoms. The number of thiophene rings is 2. The highest BCUT2D eigenvalue weighted by molar-refractivity contribution is 7.20. The zero-order valence-electron chi connectivity index (χ0n) is 15.7. The Hall–Kier alpha value is -2.68. The molecule has 2 amide bonds. The largest absolute Gasteiger partial charge is 0.452 e. The third kappa shape index (κ3) is 4.12. The molecule has 2 heterocycles. The number of amides is 2. The predicted octanol–water partition coefficient (Wildman–Crippen LogP) is 4.40. The number of ether oxygens (including phenoxy) is 1. The zero-order chi connectivity index (χ0) is 21.3. The van der Waals surface area contributed by atoms with Crippen LogP contribution >= 0.6 is 34.3 Å². The number of primary amides is 1. The second kappa shape index (κ2) is 8.59. The minimum atomic E-state index is -0.664. The van der Waals surface area contributed by atoms with Gasteiger partial charge in [-0.1, -0.05) is 29.8 Å². The topological polar surface area (TPSA) is 98.5 Å². The number of hydrogen-bond acceptors (Lipinski definition) is 6. The van der Waals surface area contributed by atoms with E-state index in [1.54, 1.807) is 6.08 Å². The van der Waals surface area contributed by atoms with Gasteiger partial charge in [-0.15, -0.1) is 22.7 Å². The van der Waals surface area contributed by atoms with E-state index in [2.05, 4.69) is 5.32 Å². The van der Waals surface area contributed by atoms with Crippen molar-refractivity contribution in [2.75, 3.05) is 11.9 Å². The van der Waals surface area contributed by atoms with Crippen molar-refractivity contribution in [1.29, 1.82) is 0 Å². The molecule has 2 aromatic heterocycles. The second-order valence-electron chi connectivity index (χ2n) is 6.69. The molecule has 1 aliphatic carbocycles. The van der Waals surface area contributed by atoms with Gasteiger partial charge in [0.05, 0.1) is 10.6 Å². The van der Waals surface area contributed by atoms with Crippen LogP contribution in [0.25, 0.3) is 16.2 Å². The average Bonchev–Trinajstić information content (AvgIpc) is 3.38. The quantitative estimate of drug-likeness (QED) is 0.420. The molecule has 154 valence electrons. The van der Waals surface area contributed by atoms with Crippen molar-refractivity contribution in [3.05, 3.63) is 56.2 Å². The summed E-state index contributed by atoms with van der Waals surface area (Å²) in [7, 11) is 0. The Morgan fingerprint density at radius 1 is 1.20 bits per heavy atom. The highest BCUT2D eigenvalue weighted by Crippen LogP contribution is 2.39. The molecule has 0 fully saturated rings. The first-order valence-corrected chi connectivity index (χ1v) is 11.2. The Morgan fingerprint density at radius 2 is 2.00 bits per heavy atom. The van der Waals surface area contributed by atoms with Gasteiger partial charge in [0.1, 0.15) is 5.00 Å². The molecule has 1 aliphatic rings. The molecule has 0 radical (unpaired) electrons. The number of carbonyl (C=O) groups is 3. The van der Waals surface area contributed by atoms with Gasteiger partial charge < -0.3 is 15.8 Å². The molecule has 0 saturated carbocycles. The van der Waals surface area contributed by atoms with Crippen LogP contribution in [0, 0.1) is 0 Å². The monoisotopic (exact) mass is 460 g/mol. The number of carbonyl (C=O) groups excluding carboxylic acids is 3. The summed E-state index contributed by atoms with van der Waals surface area (Å²) in [6, 6.07) is 7.68. The summed E-state index contributed by atoms with van der Waals surface area (Å²) in [5.74, 6) is -1.76. The molecular weight excluding hydrogens is 444 g/mol. The zero-order valence-corrected chi connectivity index (χ0v) is 18.1. The lowest BCUT2D eigenvalue weighted by Gasteiger charge is -2.06. The smallest absolute Gasteiger partial charge is 0.331 e. The summed E-state index contributed by atoms with van der Waals surface area (Å²) in [5.41, 5.74) is 6.76. The van der Waals surface area contributed by atoms with Crippen LogP contribution < -0.4 is 11.1 Å². The minimum absolute atomic E-state index is 0.367. The number of aryl methyl sites for hydroxylation is 1. The van der Waals surface area contributed by atoms with Gasteiger partial charge in [0.15, 0.2) is 6.61 Å². The molecule has 0 spiro atoms. The van der Waals surface area contributed by atoms with Crippen LogP contribution in [-0.4, -0.2) is 24.4 Å². The molecule has 4 rings (SSSR count). The Kier molecular flexibility index (Phi) is 5.90. The molecule has 6 nitrogen and oxygen atoms in total. The first-order chi connectivity index (χ1) is 14.4. The minimum Gasteiger partial charge on any atom is -0.452 e. The number of benzene rings is 1. The van der Waals surface area contributed by atoms with Gasteiger partial charge in [-0.3, -0.25) is 9.59 Å². The van der Waals surface area contributed by atoms with Gasteiger partial charge in [-0.05, 0) is 37.0 Å². The number of hydrogen-bond donors (Lipinski definition) is 2. The van der Waals surface area contributed by atoms with Crippen molar-refractivity contribution in [3.63, 3.8) is 0 Å². The number of halogens is 1. The van der Waals surface area contributed by atoms with Crippen LogP contribution in [0.1, 0.15) is 32.1 Å². The lowest BCUT2D eigenvalue weighted by atomic mass is 10.1. The number of nitrogens with two attached hydrogens (primary N) is 1.